The Morgan fingerprint density at radius 2 is 2.24 bits per heavy atom. The zero-order chi connectivity index (χ0) is 12.3. The van der Waals surface area contributed by atoms with Gasteiger partial charge in [-0.1, -0.05) is 23.7 Å². The highest BCUT2D eigenvalue weighted by Crippen LogP contribution is 2.34. The maximum Gasteiger partial charge on any atom is 0.0618 e. The predicted molar refractivity (Wildman–Crippen MR) is 71.4 cm³/mol. The van der Waals surface area contributed by atoms with E-state index in [2.05, 4.69) is 18.3 Å². The van der Waals surface area contributed by atoms with Gasteiger partial charge in [0.15, 0.2) is 0 Å². The van der Waals surface area contributed by atoms with Crippen molar-refractivity contribution in [2.45, 2.75) is 31.8 Å². The molecule has 2 rings (SSSR count). The minimum absolute atomic E-state index is 0.314. The summed E-state index contributed by atoms with van der Waals surface area (Å²) < 4.78 is 5.28. The van der Waals surface area contributed by atoms with Gasteiger partial charge in [0.1, 0.15) is 0 Å². The van der Waals surface area contributed by atoms with E-state index in [0.717, 1.165) is 17.5 Å². The summed E-state index contributed by atoms with van der Waals surface area (Å²) in [7, 11) is 1.76. The van der Waals surface area contributed by atoms with Crippen molar-refractivity contribution in [1.82, 2.24) is 5.32 Å². The molecule has 1 N–H and O–H groups in total. The third-order valence-corrected chi connectivity index (χ3v) is 3.59. The molecule has 1 aromatic carbocycles. The van der Waals surface area contributed by atoms with Gasteiger partial charge in [-0.25, -0.2) is 0 Å². The molecule has 1 saturated carbocycles. The van der Waals surface area contributed by atoms with Crippen molar-refractivity contribution in [2.24, 2.45) is 5.92 Å². The summed E-state index contributed by atoms with van der Waals surface area (Å²) in [5.41, 5.74) is 1.24. The maximum absolute atomic E-state index is 6.01. The molecular formula is C14H20ClNO. The van der Waals surface area contributed by atoms with Gasteiger partial charge >= 0.3 is 0 Å². The first-order valence-electron chi connectivity index (χ1n) is 6.21. The van der Waals surface area contributed by atoms with E-state index in [1.807, 2.05) is 18.2 Å². The van der Waals surface area contributed by atoms with Gasteiger partial charge < -0.3 is 10.1 Å². The molecule has 0 aromatic heterocycles. The fourth-order valence-corrected chi connectivity index (χ4v) is 2.39. The highest BCUT2D eigenvalue weighted by atomic mass is 35.5. The fraction of sp³-hybridized carbons (Fsp3) is 0.571. The van der Waals surface area contributed by atoms with E-state index in [9.17, 15) is 0 Å². The van der Waals surface area contributed by atoms with Gasteiger partial charge in [-0.2, -0.15) is 0 Å². The summed E-state index contributed by atoms with van der Waals surface area (Å²) in [5, 5.41) is 4.44. The average molecular weight is 254 g/mol. The van der Waals surface area contributed by atoms with E-state index in [-0.39, 0.29) is 0 Å². The van der Waals surface area contributed by atoms with Gasteiger partial charge in [0, 0.05) is 24.2 Å². The second-order valence-electron chi connectivity index (χ2n) is 4.84. The number of hydrogen-bond acceptors (Lipinski definition) is 2. The van der Waals surface area contributed by atoms with Crippen LogP contribution in [0.2, 0.25) is 5.02 Å². The van der Waals surface area contributed by atoms with E-state index in [4.69, 9.17) is 16.3 Å². The van der Waals surface area contributed by atoms with Crippen LogP contribution in [0, 0.1) is 5.92 Å². The van der Waals surface area contributed by atoms with E-state index >= 15 is 0 Å². The van der Waals surface area contributed by atoms with Crippen molar-refractivity contribution in [3.8, 4) is 0 Å². The minimum atomic E-state index is 0.314. The SMILES string of the molecule is COCC(N[C@@H](C)c1cccc(Cl)c1)C1CC1. The van der Waals surface area contributed by atoms with E-state index in [0.29, 0.717) is 12.1 Å². The number of nitrogens with one attached hydrogen (secondary N) is 1. The number of benzene rings is 1. The zero-order valence-corrected chi connectivity index (χ0v) is 11.2. The Kier molecular flexibility index (Phi) is 4.43. The third-order valence-electron chi connectivity index (χ3n) is 3.35. The van der Waals surface area contributed by atoms with E-state index in [1.54, 1.807) is 7.11 Å². The van der Waals surface area contributed by atoms with Gasteiger partial charge in [0.25, 0.3) is 0 Å². The number of halogens is 1. The molecule has 94 valence electrons. The first-order valence-corrected chi connectivity index (χ1v) is 6.59. The van der Waals surface area contributed by atoms with Crippen LogP contribution >= 0.6 is 11.6 Å². The van der Waals surface area contributed by atoms with E-state index < -0.39 is 0 Å². The highest BCUT2D eigenvalue weighted by Gasteiger charge is 2.31. The zero-order valence-electron chi connectivity index (χ0n) is 10.4. The molecule has 3 heteroatoms. The van der Waals surface area contributed by atoms with Gasteiger partial charge in [0.2, 0.25) is 0 Å². The molecule has 2 nitrogen and oxygen atoms in total. The van der Waals surface area contributed by atoms with Crippen molar-refractivity contribution in [2.75, 3.05) is 13.7 Å². The molecule has 0 saturated heterocycles. The molecular weight excluding hydrogens is 234 g/mol. The van der Waals surface area contributed by atoms with Gasteiger partial charge in [-0.05, 0) is 43.4 Å². The van der Waals surface area contributed by atoms with Crippen LogP contribution in [0.1, 0.15) is 31.4 Å². The lowest BCUT2D eigenvalue weighted by Crippen LogP contribution is -2.36. The van der Waals surface area contributed by atoms with Crippen molar-refractivity contribution in [3.05, 3.63) is 34.9 Å². The van der Waals surface area contributed by atoms with Crippen molar-refractivity contribution >= 4 is 11.6 Å². The largest absolute Gasteiger partial charge is 0.383 e. The molecule has 1 fully saturated rings. The Morgan fingerprint density at radius 1 is 1.47 bits per heavy atom. The van der Waals surface area contributed by atoms with Crippen LogP contribution in [0.3, 0.4) is 0 Å². The van der Waals surface area contributed by atoms with Crippen molar-refractivity contribution < 1.29 is 4.74 Å². The monoisotopic (exact) mass is 253 g/mol. The van der Waals surface area contributed by atoms with Gasteiger partial charge in [-0.15, -0.1) is 0 Å². The lowest BCUT2D eigenvalue weighted by molar-refractivity contribution is 0.152. The van der Waals surface area contributed by atoms with E-state index in [1.165, 1.54) is 18.4 Å². The van der Waals surface area contributed by atoms with Crippen LogP contribution in [-0.4, -0.2) is 19.8 Å². The third kappa shape index (κ3) is 3.70. The lowest BCUT2D eigenvalue weighted by atomic mass is 10.1. The summed E-state index contributed by atoms with van der Waals surface area (Å²) in [6.07, 6.45) is 2.65. The molecule has 2 atom stereocenters. The van der Waals surface area contributed by atoms with Crippen LogP contribution in [0.25, 0.3) is 0 Å². The van der Waals surface area contributed by atoms with Crippen LogP contribution in [0.4, 0.5) is 0 Å². The first kappa shape index (κ1) is 12.9. The Hall–Kier alpha value is -0.570. The molecule has 0 heterocycles. The molecule has 1 aliphatic rings. The molecule has 1 unspecified atom stereocenters. The summed E-state index contributed by atoms with van der Waals surface area (Å²) >= 11 is 6.01. The summed E-state index contributed by atoms with van der Waals surface area (Å²) in [4.78, 5) is 0. The second-order valence-corrected chi connectivity index (χ2v) is 5.28. The van der Waals surface area contributed by atoms with Crippen LogP contribution < -0.4 is 5.32 Å². The number of hydrogen-bond donors (Lipinski definition) is 1. The molecule has 0 radical (unpaired) electrons. The van der Waals surface area contributed by atoms with Gasteiger partial charge in [-0.3, -0.25) is 0 Å². The molecule has 1 aromatic rings. The molecule has 0 spiro atoms. The van der Waals surface area contributed by atoms with Crippen LogP contribution in [0.5, 0.6) is 0 Å². The Balaban J connectivity index is 1.96. The van der Waals surface area contributed by atoms with Crippen molar-refractivity contribution in [3.63, 3.8) is 0 Å². The molecule has 17 heavy (non-hydrogen) atoms. The predicted octanol–water partition coefficient (Wildman–Crippen LogP) is 3.42. The first-order chi connectivity index (χ1) is 8.20. The normalized spacial score (nSPS) is 19.0. The summed E-state index contributed by atoms with van der Waals surface area (Å²) in [6, 6.07) is 8.82. The highest BCUT2D eigenvalue weighted by molar-refractivity contribution is 6.30. The van der Waals surface area contributed by atoms with Gasteiger partial charge in [0.05, 0.1) is 6.61 Å². The quantitative estimate of drug-likeness (QED) is 0.839. The molecule has 0 aliphatic heterocycles. The molecule has 0 bridgehead atoms. The standard InChI is InChI=1S/C14H20ClNO/c1-10(12-4-3-5-13(15)8-12)16-14(9-17-2)11-6-7-11/h3-5,8,10-11,14,16H,6-7,9H2,1-2H3/t10-,14?/m0/s1. The Labute approximate surface area is 108 Å². The van der Waals surface area contributed by atoms with Crippen LogP contribution in [-0.2, 0) is 4.74 Å². The fourth-order valence-electron chi connectivity index (χ4n) is 2.19. The van der Waals surface area contributed by atoms with Crippen molar-refractivity contribution in [1.29, 1.82) is 0 Å². The second kappa shape index (κ2) is 5.85. The number of ether oxygens (including phenoxy) is 1. The lowest BCUT2D eigenvalue weighted by Gasteiger charge is -2.23. The molecule has 0 amide bonds. The van der Waals surface area contributed by atoms with Crippen LogP contribution in [0.15, 0.2) is 24.3 Å². The maximum atomic E-state index is 6.01. The smallest absolute Gasteiger partial charge is 0.0618 e. The molecule has 1 aliphatic carbocycles. The number of rotatable bonds is 6. The minimum Gasteiger partial charge on any atom is -0.383 e. The summed E-state index contributed by atoms with van der Waals surface area (Å²) in [6.45, 7) is 2.96. The Bertz CT molecular complexity index is 365. The topological polar surface area (TPSA) is 21.3 Å². The number of methoxy groups -OCH3 is 1. The summed E-state index contributed by atoms with van der Waals surface area (Å²) in [5.74, 6) is 0.789. The Morgan fingerprint density at radius 3 is 2.82 bits per heavy atom. The average Bonchev–Trinajstić information content (AvgIpc) is 3.12.